The Bertz CT molecular complexity index is 916. The van der Waals surface area contributed by atoms with Gasteiger partial charge in [-0.25, -0.2) is 4.98 Å². The molecule has 1 amide bonds. The normalized spacial score (nSPS) is 12.0. The van der Waals surface area contributed by atoms with E-state index in [1.807, 2.05) is 61.0 Å². The summed E-state index contributed by atoms with van der Waals surface area (Å²) in [6.07, 6.45) is 5.40. The summed E-state index contributed by atoms with van der Waals surface area (Å²) in [5, 5.41) is 2.99. The minimum Gasteiger partial charge on any atom is -0.483 e. The largest absolute Gasteiger partial charge is 0.483 e. The molecule has 0 unspecified atom stereocenters. The van der Waals surface area contributed by atoms with Crippen molar-refractivity contribution in [1.82, 2.24) is 14.9 Å². The molecular formula is C23H27N3O2. The van der Waals surface area contributed by atoms with E-state index in [1.54, 1.807) is 12.5 Å². The summed E-state index contributed by atoms with van der Waals surface area (Å²) < 4.78 is 7.71. The number of hydrogen-bond acceptors (Lipinski definition) is 3. The van der Waals surface area contributed by atoms with Crippen LogP contribution in [0.5, 0.6) is 5.75 Å². The smallest absolute Gasteiger partial charge is 0.258 e. The van der Waals surface area contributed by atoms with Gasteiger partial charge in [0.1, 0.15) is 5.75 Å². The van der Waals surface area contributed by atoms with E-state index in [-0.39, 0.29) is 18.6 Å². The molecule has 0 aliphatic rings. The number of hydrogen-bond donors (Lipinski definition) is 1. The molecule has 1 atom stereocenters. The number of rotatable bonds is 7. The van der Waals surface area contributed by atoms with Crippen LogP contribution in [0.2, 0.25) is 0 Å². The molecule has 0 aliphatic heterocycles. The highest BCUT2D eigenvalue weighted by atomic mass is 16.5. The number of aryl methyl sites for hydroxylation is 1. The second kappa shape index (κ2) is 8.74. The van der Waals surface area contributed by atoms with E-state index in [9.17, 15) is 4.79 Å². The average molecular weight is 377 g/mol. The fourth-order valence-electron chi connectivity index (χ4n) is 2.99. The van der Waals surface area contributed by atoms with E-state index >= 15 is 0 Å². The molecule has 0 bridgehead atoms. The van der Waals surface area contributed by atoms with Crippen LogP contribution in [0.1, 0.15) is 49.4 Å². The highest BCUT2D eigenvalue weighted by Crippen LogP contribution is 2.24. The first-order chi connectivity index (χ1) is 13.4. The van der Waals surface area contributed by atoms with Crippen molar-refractivity contribution in [3.63, 3.8) is 0 Å². The second-order valence-corrected chi connectivity index (χ2v) is 7.32. The molecule has 2 aromatic carbocycles. The lowest BCUT2D eigenvalue weighted by molar-refractivity contribution is -0.123. The SMILES string of the molecule is Cc1ccc(C(C)C)cc1OCC(=O)N[C@H](C)c1ccc(-n2ccnc2)cc1. The van der Waals surface area contributed by atoms with Crippen molar-refractivity contribution in [2.45, 2.75) is 39.7 Å². The lowest BCUT2D eigenvalue weighted by atomic mass is 10.0. The lowest BCUT2D eigenvalue weighted by Crippen LogP contribution is -2.31. The molecule has 3 rings (SSSR count). The fraction of sp³-hybridized carbons (Fsp3) is 0.304. The summed E-state index contributed by atoms with van der Waals surface area (Å²) in [6.45, 7) is 8.23. The average Bonchev–Trinajstić information content (AvgIpc) is 3.22. The molecular weight excluding hydrogens is 350 g/mol. The van der Waals surface area contributed by atoms with Crippen molar-refractivity contribution in [3.05, 3.63) is 77.9 Å². The van der Waals surface area contributed by atoms with Gasteiger partial charge in [0.2, 0.25) is 0 Å². The summed E-state index contributed by atoms with van der Waals surface area (Å²) in [4.78, 5) is 16.4. The van der Waals surface area contributed by atoms with E-state index in [1.165, 1.54) is 5.56 Å². The Morgan fingerprint density at radius 1 is 1.11 bits per heavy atom. The topological polar surface area (TPSA) is 56.1 Å². The van der Waals surface area contributed by atoms with Crippen LogP contribution in [0.3, 0.4) is 0 Å². The van der Waals surface area contributed by atoms with Gasteiger partial charge >= 0.3 is 0 Å². The summed E-state index contributed by atoms with van der Waals surface area (Å²) >= 11 is 0. The van der Waals surface area contributed by atoms with Gasteiger partial charge in [0.25, 0.3) is 5.91 Å². The van der Waals surface area contributed by atoms with Crippen molar-refractivity contribution in [2.75, 3.05) is 6.61 Å². The Hall–Kier alpha value is -3.08. The number of carbonyl (C=O) groups is 1. The number of amides is 1. The van der Waals surface area contributed by atoms with Crippen LogP contribution >= 0.6 is 0 Å². The predicted molar refractivity (Wildman–Crippen MR) is 111 cm³/mol. The predicted octanol–water partition coefficient (Wildman–Crippen LogP) is 4.56. The highest BCUT2D eigenvalue weighted by Gasteiger charge is 2.12. The Labute approximate surface area is 166 Å². The van der Waals surface area contributed by atoms with Gasteiger partial charge in [-0.15, -0.1) is 0 Å². The van der Waals surface area contributed by atoms with Gasteiger partial charge in [0.05, 0.1) is 12.4 Å². The number of aromatic nitrogens is 2. The van der Waals surface area contributed by atoms with E-state index in [2.05, 4.69) is 30.2 Å². The van der Waals surface area contributed by atoms with Crippen molar-refractivity contribution in [3.8, 4) is 11.4 Å². The van der Waals surface area contributed by atoms with Crippen molar-refractivity contribution in [1.29, 1.82) is 0 Å². The van der Waals surface area contributed by atoms with Crippen LogP contribution < -0.4 is 10.1 Å². The number of imidazole rings is 1. The third kappa shape index (κ3) is 4.80. The third-order valence-electron chi connectivity index (χ3n) is 4.81. The monoisotopic (exact) mass is 377 g/mol. The molecule has 1 N–H and O–H groups in total. The fourth-order valence-corrected chi connectivity index (χ4v) is 2.99. The number of nitrogens with one attached hydrogen (secondary N) is 1. The van der Waals surface area contributed by atoms with Crippen LogP contribution in [-0.4, -0.2) is 22.1 Å². The molecule has 1 heterocycles. The minimum atomic E-state index is -0.138. The Morgan fingerprint density at radius 2 is 1.82 bits per heavy atom. The molecule has 3 aromatic rings. The number of nitrogens with zero attached hydrogens (tertiary/aromatic N) is 2. The Kier molecular flexibility index (Phi) is 6.14. The molecule has 0 saturated carbocycles. The van der Waals surface area contributed by atoms with Crippen LogP contribution in [-0.2, 0) is 4.79 Å². The molecule has 0 spiro atoms. The van der Waals surface area contributed by atoms with Gasteiger partial charge in [-0.2, -0.15) is 0 Å². The zero-order valence-electron chi connectivity index (χ0n) is 16.8. The zero-order chi connectivity index (χ0) is 20.1. The first-order valence-corrected chi connectivity index (χ1v) is 9.55. The zero-order valence-corrected chi connectivity index (χ0v) is 16.8. The van der Waals surface area contributed by atoms with Crippen LogP contribution in [0, 0.1) is 6.92 Å². The maximum absolute atomic E-state index is 12.3. The quantitative estimate of drug-likeness (QED) is 0.657. The number of benzene rings is 2. The molecule has 146 valence electrons. The number of ether oxygens (including phenoxy) is 1. The lowest BCUT2D eigenvalue weighted by Gasteiger charge is -2.16. The van der Waals surface area contributed by atoms with Gasteiger partial charge in [0, 0.05) is 18.1 Å². The molecule has 0 radical (unpaired) electrons. The van der Waals surface area contributed by atoms with E-state index in [0.717, 1.165) is 22.6 Å². The molecule has 1 aromatic heterocycles. The maximum atomic E-state index is 12.3. The molecule has 0 saturated heterocycles. The molecule has 0 fully saturated rings. The Balaban J connectivity index is 1.57. The summed E-state index contributed by atoms with van der Waals surface area (Å²) in [7, 11) is 0. The summed E-state index contributed by atoms with van der Waals surface area (Å²) in [5.41, 5.74) is 4.30. The van der Waals surface area contributed by atoms with Gasteiger partial charge in [-0.3, -0.25) is 4.79 Å². The van der Waals surface area contributed by atoms with Gasteiger partial charge < -0.3 is 14.6 Å². The second-order valence-electron chi connectivity index (χ2n) is 7.32. The van der Waals surface area contributed by atoms with Gasteiger partial charge in [-0.1, -0.05) is 38.1 Å². The molecule has 0 aliphatic carbocycles. The Morgan fingerprint density at radius 3 is 2.46 bits per heavy atom. The third-order valence-corrected chi connectivity index (χ3v) is 4.81. The standard InChI is InChI=1S/C23H27N3O2/c1-16(2)20-6-5-17(3)22(13-20)28-14-23(27)25-18(4)19-7-9-21(10-8-19)26-12-11-24-15-26/h5-13,15-16,18H,14H2,1-4H3,(H,25,27)/t18-/m1/s1. The van der Waals surface area contributed by atoms with Gasteiger partial charge in [-0.05, 0) is 54.7 Å². The van der Waals surface area contributed by atoms with E-state index in [0.29, 0.717) is 5.92 Å². The summed E-state index contributed by atoms with van der Waals surface area (Å²) in [5.74, 6) is 1.04. The van der Waals surface area contributed by atoms with E-state index in [4.69, 9.17) is 4.74 Å². The van der Waals surface area contributed by atoms with Crippen molar-refractivity contribution >= 4 is 5.91 Å². The molecule has 28 heavy (non-hydrogen) atoms. The van der Waals surface area contributed by atoms with E-state index < -0.39 is 0 Å². The van der Waals surface area contributed by atoms with Crippen LogP contribution in [0.4, 0.5) is 0 Å². The molecule has 5 heteroatoms. The maximum Gasteiger partial charge on any atom is 0.258 e. The summed E-state index contributed by atoms with van der Waals surface area (Å²) in [6, 6.07) is 14.1. The van der Waals surface area contributed by atoms with Crippen LogP contribution in [0.25, 0.3) is 5.69 Å². The minimum absolute atomic E-state index is 0.000150. The first kappa shape index (κ1) is 19.7. The first-order valence-electron chi connectivity index (χ1n) is 9.55. The van der Waals surface area contributed by atoms with Crippen molar-refractivity contribution < 1.29 is 9.53 Å². The van der Waals surface area contributed by atoms with Gasteiger partial charge in [0.15, 0.2) is 6.61 Å². The number of carbonyl (C=O) groups excluding carboxylic acids is 1. The molecule has 5 nitrogen and oxygen atoms in total. The van der Waals surface area contributed by atoms with Crippen LogP contribution in [0.15, 0.2) is 61.2 Å². The highest BCUT2D eigenvalue weighted by molar-refractivity contribution is 5.78. The van der Waals surface area contributed by atoms with Crippen molar-refractivity contribution in [2.24, 2.45) is 0 Å².